The minimum atomic E-state index is -0.0288. The van der Waals surface area contributed by atoms with Gasteiger partial charge in [0.05, 0.1) is 6.54 Å². The molecular weight excluding hydrogens is 412 g/mol. The van der Waals surface area contributed by atoms with Crippen LogP contribution in [-0.2, 0) is 17.9 Å². The average molecular weight is 439 g/mol. The standard InChI is InChI=1S/C23H27ClN6O/c24-21-8-6-19(7-9-21)20(16-30-17-25-27-28-30)14-23(31)26-22-10-12-29(13-11-22)15-18-4-2-1-3-5-18/h1-9,17,20,22H,10-16H2,(H,26,31). The van der Waals surface area contributed by atoms with Crippen LogP contribution in [0.5, 0.6) is 0 Å². The fourth-order valence-electron chi connectivity index (χ4n) is 4.10. The second kappa shape index (κ2) is 10.5. The normalized spacial score (nSPS) is 16.2. The van der Waals surface area contributed by atoms with Gasteiger partial charge >= 0.3 is 0 Å². The Kier molecular flexibility index (Phi) is 7.27. The number of nitrogens with zero attached hydrogens (tertiary/aromatic N) is 5. The van der Waals surface area contributed by atoms with E-state index in [2.05, 4.69) is 50.0 Å². The zero-order chi connectivity index (χ0) is 21.5. The molecule has 0 bridgehead atoms. The Labute approximate surface area is 187 Å². The monoisotopic (exact) mass is 438 g/mol. The summed E-state index contributed by atoms with van der Waals surface area (Å²) in [5.74, 6) is 0.0356. The summed E-state index contributed by atoms with van der Waals surface area (Å²) in [4.78, 5) is 15.3. The van der Waals surface area contributed by atoms with Gasteiger partial charge in [0.15, 0.2) is 0 Å². The number of likely N-dealkylation sites (tertiary alicyclic amines) is 1. The van der Waals surface area contributed by atoms with Gasteiger partial charge in [-0.15, -0.1) is 5.10 Å². The summed E-state index contributed by atoms with van der Waals surface area (Å²) in [5.41, 5.74) is 2.38. The van der Waals surface area contributed by atoms with Crippen LogP contribution in [0.15, 0.2) is 60.9 Å². The molecule has 1 aliphatic rings. The average Bonchev–Trinajstić information content (AvgIpc) is 3.29. The molecule has 1 N–H and O–H groups in total. The molecule has 1 atom stereocenters. The Morgan fingerprint density at radius 1 is 1.10 bits per heavy atom. The van der Waals surface area contributed by atoms with Gasteiger partial charge in [-0.25, -0.2) is 4.68 Å². The molecule has 1 aliphatic heterocycles. The minimum Gasteiger partial charge on any atom is -0.353 e. The number of tetrazole rings is 1. The zero-order valence-electron chi connectivity index (χ0n) is 17.4. The molecule has 0 aliphatic carbocycles. The molecule has 4 rings (SSSR count). The van der Waals surface area contributed by atoms with Crippen molar-refractivity contribution in [1.82, 2.24) is 30.4 Å². The number of carbonyl (C=O) groups is 1. The summed E-state index contributed by atoms with van der Waals surface area (Å²) in [5, 5.41) is 15.3. The summed E-state index contributed by atoms with van der Waals surface area (Å²) in [7, 11) is 0. The molecule has 2 aromatic carbocycles. The molecular formula is C23H27ClN6O. The molecule has 1 aromatic heterocycles. The van der Waals surface area contributed by atoms with Gasteiger partial charge in [-0.1, -0.05) is 54.1 Å². The van der Waals surface area contributed by atoms with E-state index in [9.17, 15) is 4.79 Å². The molecule has 0 radical (unpaired) electrons. The second-order valence-electron chi connectivity index (χ2n) is 8.09. The number of aromatic nitrogens is 4. The van der Waals surface area contributed by atoms with Crippen molar-refractivity contribution in [3.05, 3.63) is 77.1 Å². The molecule has 0 spiro atoms. The zero-order valence-corrected chi connectivity index (χ0v) is 18.2. The van der Waals surface area contributed by atoms with Crippen molar-refractivity contribution in [2.24, 2.45) is 0 Å². The van der Waals surface area contributed by atoms with Crippen molar-refractivity contribution in [3.63, 3.8) is 0 Å². The third-order valence-corrected chi connectivity index (χ3v) is 6.03. The highest BCUT2D eigenvalue weighted by Crippen LogP contribution is 2.24. The number of piperidine rings is 1. The maximum Gasteiger partial charge on any atom is 0.220 e. The molecule has 8 heteroatoms. The van der Waals surface area contributed by atoms with E-state index in [-0.39, 0.29) is 17.9 Å². The highest BCUT2D eigenvalue weighted by atomic mass is 35.5. The quantitative estimate of drug-likeness (QED) is 0.584. The molecule has 0 saturated carbocycles. The lowest BCUT2D eigenvalue weighted by atomic mass is 9.94. The van der Waals surface area contributed by atoms with Gasteiger partial charge in [0.2, 0.25) is 5.91 Å². The van der Waals surface area contributed by atoms with Gasteiger partial charge in [-0.2, -0.15) is 0 Å². The van der Waals surface area contributed by atoms with E-state index < -0.39 is 0 Å². The van der Waals surface area contributed by atoms with E-state index in [1.54, 1.807) is 11.0 Å². The fourth-order valence-corrected chi connectivity index (χ4v) is 4.23. The lowest BCUT2D eigenvalue weighted by Crippen LogP contribution is -2.44. The van der Waals surface area contributed by atoms with Gasteiger partial charge in [0.25, 0.3) is 0 Å². The van der Waals surface area contributed by atoms with Gasteiger partial charge in [-0.3, -0.25) is 9.69 Å². The van der Waals surface area contributed by atoms with Crippen LogP contribution in [0.25, 0.3) is 0 Å². The van der Waals surface area contributed by atoms with Gasteiger partial charge in [-0.05, 0) is 46.5 Å². The number of halogens is 1. The third kappa shape index (κ3) is 6.35. The Balaban J connectivity index is 1.30. The number of carbonyl (C=O) groups excluding carboxylic acids is 1. The summed E-state index contributed by atoms with van der Waals surface area (Å²) in [6, 6.07) is 18.4. The molecule has 1 unspecified atom stereocenters. The van der Waals surface area contributed by atoms with Crippen LogP contribution in [0.3, 0.4) is 0 Å². The molecule has 7 nitrogen and oxygen atoms in total. The van der Waals surface area contributed by atoms with Gasteiger partial charge < -0.3 is 5.32 Å². The molecule has 1 saturated heterocycles. The van der Waals surface area contributed by atoms with Crippen molar-refractivity contribution in [2.45, 2.75) is 44.3 Å². The highest BCUT2D eigenvalue weighted by molar-refractivity contribution is 6.30. The first-order chi connectivity index (χ1) is 15.2. The predicted octanol–water partition coefficient (Wildman–Crippen LogP) is 3.28. The summed E-state index contributed by atoms with van der Waals surface area (Å²) < 4.78 is 1.66. The highest BCUT2D eigenvalue weighted by Gasteiger charge is 2.23. The van der Waals surface area contributed by atoms with Crippen molar-refractivity contribution in [1.29, 1.82) is 0 Å². The van der Waals surface area contributed by atoms with Crippen LogP contribution in [-0.4, -0.2) is 50.1 Å². The number of hydrogen-bond donors (Lipinski definition) is 1. The van der Waals surface area contributed by atoms with Crippen LogP contribution in [0.2, 0.25) is 5.02 Å². The summed E-state index contributed by atoms with van der Waals surface area (Å²) in [6.07, 6.45) is 3.89. The minimum absolute atomic E-state index is 0.0288. The molecule has 3 aromatic rings. The molecule has 1 amide bonds. The van der Waals surface area contributed by atoms with Crippen molar-refractivity contribution < 1.29 is 4.79 Å². The number of nitrogens with one attached hydrogen (secondary N) is 1. The topological polar surface area (TPSA) is 75.9 Å². The number of hydrogen-bond acceptors (Lipinski definition) is 5. The Morgan fingerprint density at radius 2 is 1.84 bits per heavy atom. The first kappa shape index (κ1) is 21.5. The van der Waals surface area contributed by atoms with Crippen LogP contribution in [0, 0.1) is 0 Å². The van der Waals surface area contributed by atoms with Crippen LogP contribution in [0.1, 0.15) is 36.3 Å². The maximum atomic E-state index is 12.9. The Morgan fingerprint density at radius 3 is 2.52 bits per heavy atom. The predicted molar refractivity (Wildman–Crippen MR) is 120 cm³/mol. The molecule has 31 heavy (non-hydrogen) atoms. The van der Waals surface area contributed by atoms with Crippen LogP contribution >= 0.6 is 11.6 Å². The lowest BCUT2D eigenvalue weighted by molar-refractivity contribution is -0.122. The van der Waals surface area contributed by atoms with E-state index in [4.69, 9.17) is 11.6 Å². The number of benzene rings is 2. The van der Waals surface area contributed by atoms with Crippen LogP contribution < -0.4 is 5.32 Å². The van der Waals surface area contributed by atoms with E-state index in [1.807, 2.05) is 30.3 Å². The van der Waals surface area contributed by atoms with Gasteiger partial charge in [0, 0.05) is 43.0 Å². The SMILES string of the molecule is O=C(CC(Cn1cnnn1)c1ccc(Cl)cc1)NC1CCN(Cc2ccccc2)CC1. The maximum absolute atomic E-state index is 12.9. The number of rotatable bonds is 8. The Hall–Kier alpha value is -2.77. The first-order valence-electron chi connectivity index (χ1n) is 10.7. The molecule has 1 fully saturated rings. The molecule has 162 valence electrons. The number of amides is 1. The van der Waals surface area contributed by atoms with Crippen molar-refractivity contribution >= 4 is 17.5 Å². The molecule has 2 heterocycles. The lowest BCUT2D eigenvalue weighted by Gasteiger charge is -2.32. The summed E-state index contributed by atoms with van der Waals surface area (Å²) in [6.45, 7) is 3.49. The Bertz CT molecular complexity index is 940. The largest absolute Gasteiger partial charge is 0.353 e. The van der Waals surface area contributed by atoms with Crippen molar-refractivity contribution in [2.75, 3.05) is 13.1 Å². The summed E-state index contributed by atoms with van der Waals surface area (Å²) >= 11 is 6.04. The van der Waals surface area contributed by atoms with E-state index in [0.29, 0.717) is 18.0 Å². The van der Waals surface area contributed by atoms with Gasteiger partial charge in [0.1, 0.15) is 6.33 Å². The second-order valence-corrected chi connectivity index (χ2v) is 8.52. The fraction of sp³-hybridized carbons (Fsp3) is 0.391. The third-order valence-electron chi connectivity index (χ3n) is 5.77. The van der Waals surface area contributed by atoms with E-state index in [1.165, 1.54) is 5.56 Å². The van der Waals surface area contributed by atoms with E-state index >= 15 is 0 Å². The van der Waals surface area contributed by atoms with Crippen molar-refractivity contribution in [3.8, 4) is 0 Å². The first-order valence-corrected chi connectivity index (χ1v) is 11.1. The van der Waals surface area contributed by atoms with E-state index in [0.717, 1.165) is 38.0 Å². The van der Waals surface area contributed by atoms with Crippen LogP contribution in [0.4, 0.5) is 0 Å². The smallest absolute Gasteiger partial charge is 0.220 e.